The molecule has 1 aromatic carbocycles. The first-order chi connectivity index (χ1) is 10.4. The fourth-order valence-electron chi connectivity index (χ4n) is 2.65. The van der Waals surface area contributed by atoms with Crippen molar-refractivity contribution in [3.8, 4) is 0 Å². The second-order valence-electron chi connectivity index (χ2n) is 5.29. The number of carbonyl (C=O) groups excluding carboxylic acids is 1. The van der Waals surface area contributed by atoms with Crippen LogP contribution < -0.4 is 4.90 Å². The van der Waals surface area contributed by atoms with E-state index in [-0.39, 0.29) is 28.7 Å². The van der Waals surface area contributed by atoms with Crippen molar-refractivity contribution in [2.24, 2.45) is 4.99 Å². The van der Waals surface area contributed by atoms with Crippen LogP contribution in [0, 0.1) is 0 Å². The summed E-state index contributed by atoms with van der Waals surface area (Å²) in [5, 5.41) is 1.11. The molecule has 0 aliphatic carbocycles. The van der Waals surface area contributed by atoms with Crippen LogP contribution in [0.1, 0.15) is 13.3 Å². The topological polar surface area (TPSA) is 66.8 Å². The first-order valence-corrected chi connectivity index (χ1v) is 10.0. The van der Waals surface area contributed by atoms with Crippen LogP contribution in [0.2, 0.25) is 5.02 Å². The number of hydrogen-bond acceptors (Lipinski definition) is 4. The molecule has 5 nitrogen and oxygen atoms in total. The third kappa shape index (κ3) is 3.02. The molecule has 0 unspecified atom stereocenters. The number of sulfone groups is 1. The molecule has 3 rings (SSSR count). The van der Waals surface area contributed by atoms with Gasteiger partial charge in [-0.1, -0.05) is 30.3 Å². The van der Waals surface area contributed by atoms with Crippen molar-refractivity contribution in [1.82, 2.24) is 0 Å². The number of thioether (sulfide) groups is 1. The minimum Gasteiger partial charge on any atom is -0.316 e. The van der Waals surface area contributed by atoms with Crippen molar-refractivity contribution < 1.29 is 13.2 Å². The second kappa shape index (κ2) is 5.86. The number of rotatable bonds is 2. The Labute approximate surface area is 138 Å². The predicted molar refractivity (Wildman–Crippen MR) is 90.5 cm³/mol. The summed E-state index contributed by atoms with van der Waals surface area (Å²) in [4.78, 5) is 17.7. The Balaban J connectivity index is 2.01. The zero-order valence-electron chi connectivity index (χ0n) is 11.9. The van der Waals surface area contributed by atoms with Gasteiger partial charge in [-0.15, -0.1) is 0 Å². The molecule has 8 heteroatoms. The highest BCUT2D eigenvalue weighted by atomic mass is 35.5. The number of halogens is 1. The molecule has 2 heterocycles. The molecule has 2 atom stereocenters. The Morgan fingerprint density at radius 1 is 1.36 bits per heavy atom. The van der Waals surface area contributed by atoms with Gasteiger partial charge >= 0.3 is 0 Å². The lowest BCUT2D eigenvalue weighted by atomic mass is 10.2. The maximum Gasteiger partial charge on any atom is 0.247 e. The summed E-state index contributed by atoms with van der Waals surface area (Å²) < 4.78 is 23.8. The second-order valence-corrected chi connectivity index (χ2v) is 9.09. The zero-order valence-corrected chi connectivity index (χ0v) is 14.3. The number of amides is 1. The number of nitrogens with zero attached hydrogens (tertiary/aromatic N) is 2. The number of fused-ring (bicyclic) bond motifs is 1. The number of aliphatic imine (C=N–C) groups is 1. The molecule has 0 spiro atoms. The van der Waals surface area contributed by atoms with Crippen LogP contribution in [0.5, 0.6) is 0 Å². The van der Waals surface area contributed by atoms with E-state index >= 15 is 0 Å². The average molecular weight is 359 g/mol. The van der Waals surface area contributed by atoms with Gasteiger partial charge in [-0.3, -0.25) is 4.79 Å². The summed E-state index contributed by atoms with van der Waals surface area (Å²) in [6, 6.07) is 6.96. The predicted octanol–water partition coefficient (Wildman–Crippen LogP) is 2.35. The molecule has 0 N–H and O–H groups in total. The molecule has 2 fully saturated rings. The summed E-state index contributed by atoms with van der Waals surface area (Å²) in [5.41, 5.74) is 0.809. The molecule has 22 heavy (non-hydrogen) atoms. The highest BCUT2D eigenvalue weighted by Crippen LogP contribution is 2.41. The van der Waals surface area contributed by atoms with Gasteiger partial charge in [0, 0.05) is 22.4 Å². The van der Waals surface area contributed by atoms with E-state index in [1.54, 1.807) is 19.1 Å². The Morgan fingerprint density at radius 2 is 2.05 bits per heavy atom. The summed E-state index contributed by atoms with van der Waals surface area (Å²) in [6.07, 6.45) is 0.326. The highest BCUT2D eigenvalue weighted by molar-refractivity contribution is 8.16. The van der Waals surface area contributed by atoms with Crippen LogP contribution in [-0.2, 0) is 14.6 Å². The standard InChI is InChI=1S/C14H15ClN2O3S2/c1-2-13(18)16-14-17(10-5-3-9(15)4-6-10)11-7-22(19,20)8-12(11)21-14/h3-6,11-12H,2,7-8H2,1H3/t11-,12-/m1/s1. The number of anilines is 1. The van der Waals surface area contributed by atoms with E-state index in [2.05, 4.69) is 4.99 Å². The third-order valence-corrected chi connectivity index (χ3v) is 7.16. The minimum absolute atomic E-state index is 0.0796. The van der Waals surface area contributed by atoms with E-state index in [0.29, 0.717) is 16.6 Å². The van der Waals surface area contributed by atoms with E-state index in [0.717, 1.165) is 5.69 Å². The van der Waals surface area contributed by atoms with Crippen molar-refractivity contribution >= 4 is 50.0 Å². The summed E-state index contributed by atoms with van der Waals surface area (Å²) >= 11 is 7.29. The molecule has 0 radical (unpaired) electrons. The SMILES string of the molecule is CCC(=O)N=C1S[C@@H]2CS(=O)(=O)C[C@H]2N1c1ccc(Cl)cc1. The van der Waals surface area contributed by atoms with Gasteiger partial charge in [-0.05, 0) is 24.3 Å². The molecule has 118 valence electrons. The molecule has 1 aromatic rings. The first kappa shape index (κ1) is 15.8. The number of benzene rings is 1. The first-order valence-electron chi connectivity index (χ1n) is 6.93. The lowest BCUT2D eigenvalue weighted by Gasteiger charge is -2.24. The average Bonchev–Trinajstić information content (AvgIpc) is 2.91. The molecule has 2 aliphatic heterocycles. The maximum atomic E-state index is 11.9. The molecule has 0 aromatic heterocycles. The van der Waals surface area contributed by atoms with E-state index < -0.39 is 9.84 Å². The van der Waals surface area contributed by atoms with Gasteiger partial charge in [0.1, 0.15) is 0 Å². The Kier molecular flexibility index (Phi) is 4.22. The fraction of sp³-hybridized carbons (Fsp3) is 0.429. The van der Waals surface area contributed by atoms with Crippen molar-refractivity contribution in [3.63, 3.8) is 0 Å². The summed E-state index contributed by atoms with van der Waals surface area (Å²) in [5.74, 6) is 0.0163. The quantitative estimate of drug-likeness (QED) is 0.811. The van der Waals surface area contributed by atoms with Gasteiger partial charge in [0.25, 0.3) is 0 Å². The van der Waals surface area contributed by atoms with Gasteiger partial charge in [0.2, 0.25) is 5.91 Å². The fourth-order valence-corrected chi connectivity index (χ4v) is 6.71. The Morgan fingerprint density at radius 3 is 2.68 bits per heavy atom. The lowest BCUT2D eigenvalue weighted by Crippen LogP contribution is -2.37. The number of hydrogen-bond donors (Lipinski definition) is 0. The van der Waals surface area contributed by atoms with Gasteiger partial charge in [-0.2, -0.15) is 4.99 Å². The Bertz CT molecular complexity index is 731. The summed E-state index contributed by atoms with van der Waals surface area (Å²) in [6.45, 7) is 1.75. The van der Waals surface area contributed by atoms with Crippen LogP contribution in [0.15, 0.2) is 29.3 Å². The zero-order chi connectivity index (χ0) is 15.9. The monoisotopic (exact) mass is 358 g/mol. The summed E-state index contributed by atoms with van der Waals surface area (Å²) in [7, 11) is -3.04. The van der Waals surface area contributed by atoms with Crippen molar-refractivity contribution in [1.29, 1.82) is 0 Å². The Hall–Kier alpha value is -1.05. The van der Waals surface area contributed by atoms with Gasteiger partial charge in [-0.25, -0.2) is 8.42 Å². The van der Waals surface area contributed by atoms with Crippen LogP contribution in [0.4, 0.5) is 5.69 Å². The largest absolute Gasteiger partial charge is 0.316 e. The van der Waals surface area contributed by atoms with Crippen molar-refractivity contribution in [2.75, 3.05) is 16.4 Å². The van der Waals surface area contributed by atoms with E-state index in [9.17, 15) is 13.2 Å². The number of amidine groups is 1. The molecule has 1 amide bonds. The van der Waals surface area contributed by atoms with E-state index in [1.807, 2.05) is 17.0 Å². The molecule has 0 bridgehead atoms. The molecular weight excluding hydrogens is 344 g/mol. The molecule has 2 saturated heterocycles. The van der Waals surface area contributed by atoms with Crippen LogP contribution in [-0.4, -0.2) is 42.3 Å². The minimum atomic E-state index is -3.04. The van der Waals surface area contributed by atoms with Crippen molar-refractivity contribution in [3.05, 3.63) is 29.3 Å². The number of carbonyl (C=O) groups is 1. The normalized spacial score (nSPS) is 28.1. The van der Waals surface area contributed by atoms with E-state index in [4.69, 9.17) is 11.6 Å². The van der Waals surface area contributed by atoms with Crippen LogP contribution >= 0.6 is 23.4 Å². The third-order valence-electron chi connectivity index (χ3n) is 3.69. The maximum absolute atomic E-state index is 11.9. The van der Waals surface area contributed by atoms with Gasteiger partial charge in [0.05, 0.1) is 17.5 Å². The van der Waals surface area contributed by atoms with Crippen LogP contribution in [0.3, 0.4) is 0 Å². The lowest BCUT2D eigenvalue weighted by molar-refractivity contribution is -0.117. The van der Waals surface area contributed by atoms with Gasteiger partial charge < -0.3 is 4.90 Å². The molecule has 0 saturated carbocycles. The highest BCUT2D eigenvalue weighted by Gasteiger charge is 2.49. The molecular formula is C14H15ClN2O3S2. The van der Waals surface area contributed by atoms with Gasteiger partial charge in [0.15, 0.2) is 15.0 Å². The van der Waals surface area contributed by atoms with Crippen LogP contribution in [0.25, 0.3) is 0 Å². The smallest absolute Gasteiger partial charge is 0.247 e. The van der Waals surface area contributed by atoms with E-state index in [1.165, 1.54) is 11.8 Å². The molecule has 2 aliphatic rings. The van der Waals surface area contributed by atoms with Crippen molar-refractivity contribution in [2.45, 2.75) is 24.6 Å².